The molecule has 0 bridgehead atoms. The van der Waals surface area contributed by atoms with Gasteiger partial charge in [-0.3, -0.25) is 0 Å². The maximum absolute atomic E-state index is 5.35. The van der Waals surface area contributed by atoms with Gasteiger partial charge in [-0.05, 0) is 30.5 Å². The van der Waals surface area contributed by atoms with Gasteiger partial charge in [-0.15, -0.1) is 0 Å². The van der Waals surface area contributed by atoms with E-state index in [1.165, 1.54) is 5.56 Å². The first kappa shape index (κ1) is 11.9. The molecule has 0 saturated heterocycles. The molecule has 0 aliphatic carbocycles. The zero-order valence-electron chi connectivity index (χ0n) is 10.8. The number of nitrogens with one attached hydrogen (secondary N) is 1. The fraction of sp³-hybridized carbons (Fsp3) is 0.250. The van der Waals surface area contributed by atoms with Gasteiger partial charge in [0.1, 0.15) is 0 Å². The van der Waals surface area contributed by atoms with E-state index in [1.807, 2.05) is 24.3 Å². The third-order valence-corrected chi connectivity index (χ3v) is 3.19. The summed E-state index contributed by atoms with van der Waals surface area (Å²) >= 11 is 0. The van der Waals surface area contributed by atoms with Gasteiger partial charge in [0.2, 0.25) is 6.79 Å². The summed E-state index contributed by atoms with van der Waals surface area (Å²) in [6.07, 6.45) is 2.21. The Balaban J connectivity index is 1.48. The molecule has 3 nitrogen and oxygen atoms in total. The Labute approximate surface area is 113 Å². The average Bonchev–Trinajstić information content (AvgIpc) is 2.92. The largest absolute Gasteiger partial charge is 0.454 e. The highest BCUT2D eigenvalue weighted by Gasteiger charge is 2.12. The van der Waals surface area contributed by atoms with Crippen LogP contribution >= 0.6 is 0 Å². The normalized spacial score (nSPS) is 12.4. The topological polar surface area (TPSA) is 30.5 Å². The standard InChI is InChI=1S/C16H17NO2/c1-2-5-13(6-3-1)7-4-10-17-14-8-9-15-16(11-14)19-12-18-15/h1-3,5-6,8-9,11,17H,4,7,10,12H2. The van der Waals surface area contributed by atoms with E-state index in [9.17, 15) is 0 Å². The van der Waals surface area contributed by atoms with Gasteiger partial charge in [0.25, 0.3) is 0 Å². The highest BCUT2D eigenvalue weighted by atomic mass is 16.7. The molecule has 0 saturated carbocycles. The van der Waals surface area contributed by atoms with Crippen LogP contribution in [0.1, 0.15) is 12.0 Å². The summed E-state index contributed by atoms with van der Waals surface area (Å²) in [5.74, 6) is 1.66. The number of fused-ring (bicyclic) bond motifs is 1. The van der Waals surface area contributed by atoms with Gasteiger partial charge in [-0.1, -0.05) is 30.3 Å². The molecule has 0 radical (unpaired) electrons. The van der Waals surface area contributed by atoms with Gasteiger partial charge in [-0.25, -0.2) is 0 Å². The zero-order valence-corrected chi connectivity index (χ0v) is 10.8. The highest BCUT2D eigenvalue weighted by Crippen LogP contribution is 2.34. The summed E-state index contributed by atoms with van der Waals surface area (Å²) < 4.78 is 10.6. The van der Waals surface area contributed by atoms with E-state index in [2.05, 4.69) is 29.6 Å². The number of aryl methyl sites for hydroxylation is 1. The summed E-state index contributed by atoms with van der Waals surface area (Å²) in [4.78, 5) is 0. The van der Waals surface area contributed by atoms with Crippen LogP contribution in [0.15, 0.2) is 48.5 Å². The quantitative estimate of drug-likeness (QED) is 0.830. The highest BCUT2D eigenvalue weighted by molar-refractivity contribution is 5.55. The maximum atomic E-state index is 5.35. The molecule has 98 valence electrons. The summed E-state index contributed by atoms with van der Waals surface area (Å²) in [6.45, 7) is 1.28. The van der Waals surface area contributed by atoms with Gasteiger partial charge in [0, 0.05) is 18.3 Å². The molecule has 2 aromatic rings. The Morgan fingerprint density at radius 1 is 0.947 bits per heavy atom. The Bertz CT molecular complexity index is 540. The second-order valence-corrected chi connectivity index (χ2v) is 4.58. The van der Waals surface area contributed by atoms with E-state index in [0.29, 0.717) is 6.79 Å². The lowest BCUT2D eigenvalue weighted by Gasteiger charge is -2.07. The Kier molecular flexibility index (Phi) is 3.54. The van der Waals surface area contributed by atoms with Crippen LogP contribution in [0.5, 0.6) is 11.5 Å². The molecule has 1 N–H and O–H groups in total. The van der Waals surface area contributed by atoms with E-state index in [1.54, 1.807) is 0 Å². The summed E-state index contributed by atoms with van der Waals surface area (Å²) in [5, 5.41) is 3.41. The minimum atomic E-state index is 0.326. The van der Waals surface area contributed by atoms with Crippen LogP contribution in [0.4, 0.5) is 5.69 Å². The lowest BCUT2D eigenvalue weighted by atomic mass is 10.1. The Morgan fingerprint density at radius 3 is 2.68 bits per heavy atom. The number of ether oxygens (including phenoxy) is 2. The van der Waals surface area contributed by atoms with Crippen LogP contribution in [0.2, 0.25) is 0 Å². The molecule has 0 spiro atoms. The van der Waals surface area contributed by atoms with Crippen molar-refractivity contribution in [1.82, 2.24) is 0 Å². The van der Waals surface area contributed by atoms with Gasteiger partial charge in [0.05, 0.1) is 0 Å². The summed E-state index contributed by atoms with van der Waals surface area (Å²) in [7, 11) is 0. The summed E-state index contributed by atoms with van der Waals surface area (Å²) in [6, 6.07) is 16.5. The van der Waals surface area contributed by atoms with Crippen molar-refractivity contribution < 1.29 is 9.47 Å². The fourth-order valence-electron chi connectivity index (χ4n) is 2.18. The van der Waals surface area contributed by atoms with Crippen molar-refractivity contribution in [2.75, 3.05) is 18.7 Å². The van der Waals surface area contributed by atoms with Crippen LogP contribution in [-0.4, -0.2) is 13.3 Å². The molecule has 0 aromatic heterocycles. The van der Waals surface area contributed by atoms with E-state index < -0.39 is 0 Å². The number of benzene rings is 2. The SMILES string of the molecule is c1ccc(CCCNc2ccc3c(c2)OCO3)cc1. The monoisotopic (exact) mass is 255 g/mol. The minimum Gasteiger partial charge on any atom is -0.454 e. The number of hydrogen-bond donors (Lipinski definition) is 1. The zero-order chi connectivity index (χ0) is 12.9. The predicted molar refractivity (Wildman–Crippen MR) is 75.8 cm³/mol. The van der Waals surface area contributed by atoms with Crippen LogP contribution in [-0.2, 0) is 6.42 Å². The molecule has 0 unspecified atom stereocenters. The van der Waals surface area contributed by atoms with E-state index in [-0.39, 0.29) is 0 Å². The summed E-state index contributed by atoms with van der Waals surface area (Å²) in [5.41, 5.74) is 2.47. The van der Waals surface area contributed by atoms with Crippen molar-refractivity contribution >= 4 is 5.69 Å². The molecule has 3 heteroatoms. The van der Waals surface area contributed by atoms with Crippen LogP contribution in [0.3, 0.4) is 0 Å². The fourth-order valence-corrected chi connectivity index (χ4v) is 2.18. The molecular weight excluding hydrogens is 238 g/mol. The number of hydrogen-bond acceptors (Lipinski definition) is 3. The molecule has 1 heterocycles. The first-order valence-electron chi connectivity index (χ1n) is 6.59. The van der Waals surface area contributed by atoms with Crippen molar-refractivity contribution in [3.63, 3.8) is 0 Å². The molecule has 1 aliphatic rings. The molecule has 3 rings (SSSR count). The van der Waals surface area contributed by atoms with Gasteiger partial charge in [-0.2, -0.15) is 0 Å². The van der Waals surface area contributed by atoms with E-state index in [4.69, 9.17) is 9.47 Å². The minimum absolute atomic E-state index is 0.326. The van der Waals surface area contributed by atoms with Crippen LogP contribution in [0, 0.1) is 0 Å². The van der Waals surface area contributed by atoms with E-state index >= 15 is 0 Å². The Morgan fingerprint density at radius 2 is 1.79 bits per heavy atom. The van der Waals surface area contributed by atoms with Crippen molar-refractivity contribution in [1.29, 1.82) is 0 Å². The van der Waals surface area contributed by atoms with Gasteiger partial charge >= 0.3 is 0 Å². The second-order valence-electron chi connectivity index (χ2n) is 4.58. The maximum Gasteiger partial charge on any atom is 0.231 e. The van der Waals surface area contributed by atoms with Crippen molar-refractivity contribution in [2.45, 2.75) is 12.8 Å². The lowest BCUT2D eigenvalue weighted by molar-refractivity contribution is 0.174. The molecule has 0 amide bonds. The first-order valence-corrected chi connectivity index (χ1v) is 6.59. The third kappa shape index (κ3) is 2.99. The van der Waals surface area contributed by atoms with Gasteiger partial charge in [0.15, 0.2) is 11.5 Å². The molecular formula is C16H17NO2. The Hall–Kier alpha value is -2.16. The molecule has 2 aromatic carbocycles. The van der Waals surface area contributed by atoms with Crippen LogP contribution < -0.4 is 14.8 Å². The van der Waals surface area contributed by atoms with Crippen molar-refractivity contribution in [2.24, 2.45) is 0 Å². The van der Waals surface area contributed by atoms with Crippen molar-refractivity contribution in [3.8, 4) is 11.5 Å². The predicted octanol–water partition coefficient (Wildman–Crippen LogP) is 3.46. The van der Waals surface area contributed by atoms with Crippen molar-refractivity contribution in [3.05, 3.63) is 54.1 Å². The van der Waals surface area contributed by atoms with Gasteiger partial charge < -0.3 is 14.8 Å². The lowest BCUT2D eigenvalue weighted by Crippen LogP contribution is -2.02. The average molecular weight is 255 g/mol. The molecule has 1 aliphatic heterocycles. The van der Waals surface area contributed by atoms with Crippen LogP contribution in [0.25, 0.3) is 0 Å². The molecule has 0 fully saturated rings. The van der Waals surface area contributed by atoms with E-state index in [0.717, 1.165) is 36.6 Å². The molecule has 19 heavy (non-hydrogen) atoms. The molecule has 0 atom stereocenters. The number of rotatable bonds is 5. The smallest absolute Gasteiger partial charge is 0.231 e. The second kappa shape index (κ2) is 5.65. The third-order valence-electron chi connectivity index (χ3n) is 3.19. The first-order chi connectivity index (χ1) is 9.42. The number of anilines is 1.